The second-order valence-electron chi connectivity index (χ2n) is 8.07. The van der Waals surface area contributed by atoms with E-state index in [1.807, 2.05) is 43.3 Å². The molecular weight excluding hydrogens is 374 g/mol. The fraction of sp³-hybridized carbons (Fsp3) is 0.360. The second-order valence-corrected chi connectivity index (χ2v) is 8.07. The SMILES string of the molecule is CCCNC(=O)c1ccc2c(c1)NC(=O)/C2=C(/NC1CCCCC1)c1ccccc1. The van der Waals surface area contributed by atoms with E-state index in [1.54, 1.807) is 12.1 Å². The number of anilines is 1. The van der Waals surface area contributed by atoms with Gasteiger partial charge in [-0.05, 0) is 37.0 Å². The van der Waals surface area contributed by atoms with Gasteiger partial charge in [0.1, 0.15) is 0 Å². The molecule has 2 aromatic carbocycles. The van der Waals surface area contributed by atoms with Crippen LogP contribution in [0, 0.1) is 0 Å². The van der Waals surface area contributed by atoms with Crippen LogP contribution in [0.3, 0.4) is 0 Å². The van der Waals surface area contributed by atoms with Crippen molar-refractivity contribution >= 4 is 28.8 Å². The lowest BCUT2D eigenvalue weighted by Gasteiger charge is -2.26. The van der Waals surface area contributed by atoms with Gasteiger partial charge in [0.15, 0.2) is 0 Å². The molecule has 1 fully saturated rings. The van der Waals surface area contributed by atoms with Crippen LogP contribution in [0.5, 0.6) is 0 Å². The first-order valence-electron chi connectivity index (χ1n) is 11.0. The Morgan fingerprint density at radius 3 is 2.53 bits per heavy atom. The summed E-state index contributed by atoms with van der Waals surface area (Å²) in [4.78, 5) is 25.4. The van der Waals surface area contributed by atoms with Gasteiger partial charge in [0.05, 0.1) is 11.3 Å². The minimum atomic E-state index is -0.127. The zero-order valence-corrected chi connectivity index (χ0v) is 17.5. The molecule has 0 spiro atoms. The summed E-state index contributed by atoms with van der Waals surface area (Å²) < 4.78 is 0. The van der Waals surface area contributed by atoms with Gasteiger partial charge >= 0.3 is 0 Å². The highest BCUT2D eigenvalue weighted by Gasteiger charge is 2.30. The molecule has 1 heterocycles. The van der Waals surface area contributed by atoms with Gasteiger partial charge in [-0.1, -0.05) is 62.6 Å². The number of hydrogen-bond acceptors (Lipinski definition) is 3. The van der Waals surface area contributed by atoms with Gasteiger partial charge in [0.2, 0.25) is 0 Å². The number of carbonyl (C=O) groups excluding carboxylic acids is 2. The Hall–Kier alpha value is -3.08. The standard InChI is InChI=1S/C25H29N3O2/c1-2-15-26-24(29)18-13-14-20-21(16-18)28-25(30)22(20)23(17-9-5-3-6-10-17)27-19-11-7-4-8-12-19/h3,5-6,9-10,13-14,16,19,27H,2,4,7-8,11-12,15H2,1H3,(H,26,29)(H,28,30)/b23-22+. The Labute approximate surface area is 178 Å². The van der Waals surface area contributed by atoms with Crippen molar-refractivity contribution in [3.05, 3.63) is 65.2 Å². The Bertz CT molecular complexity index is 960. The predicted octanol–water partition coefficient (Wildman–Crippen LogP) is 4.57. The lowest BCUT2D eigenvalue weighted by molar-refractivity contribution is -0.110. The third-order valence-corrected chi connectivity index (χ3v) is 5.83. The van der Waals surface area contributed by atoms with Crippen LogP contribution in [-0.4, -0.2) is 24.4 Å². The summed E-state index contributed by atoms with van der Waals surface area (Å²) in [5.41, 5.74) is 4.63. The summed E-state index contributed by atoms with van der Waals surface area (Å²) in [5.74, 6) is -0.242. The van der Waals surface area contributed by atoms with Crippen molar-refractivity contribution in [2.24, 2.45) is 0 Å². The van der Waals surface area contributed by atoms with Crippen LogP contribution in [0.25, 0.3) is 11.3 Å². The molecule has 2 aromatic rings. The Morgan fingerprint density at radius 2 is 1.80 bits per heavy atom. The van der Waals surface area contributed by atoms with Gasteiger partial charge in [-0.3, -0.25) is 9.59 Å². The van der Waals surface area contributed by atoms with Gasteiger partial charge in [0, 0.05) is 29.4 Å². The number of hydrogen-bond donors (Lipinski definition) is 3. The molecule has 1 aliphatic heterocycles. The summed E-state index contributed by atoms with van der Waals surface area (Å²) in [6.07, 6.45) is 6.83. The molecule has 2 aliphatic rings. The summed E-state index contributed by atoms with van der Waals surface area (Å²) >= 11 is 0. The Balaban J connectivity index is 1.73. The topological polar surface area (TPSA) is 70.2 Å². The minimum absolute atomic E-state index is 0.116. The second kappa shape index (κ2) is 9.16. The van der Waals surface area contributed by atoms with E-state index < -0.39 is 0 Å². The van der Waals surface area contributed by atoms with Crippen molar-refractivity contribution in [2.45, 2.75) is 51.5 Å². The smallest absolute Gasteiger partial charge is 0.258 e. The van der Waals surface area contributed by atoms with E-state index >= 15 is 0 Å². The maximum absolute atomic E-state index is 13.0. The molecule has 5 heteroatoms. The maximum Gasteiger partial charge on any atom is 0.258 e. The van der Waals surface area contributed by atoms with Crippen LogP contribution in [0.15, 0.2) is 48.5 Å². The molecule has 1 aliphatic carbocycles. The number of carbonyl (C=O) groups is 2. The lowest BCUT2D eigenvalue weighted by atomic mass is 9.93. The molecule has 4 rings (SSSR count). The molecular formula is C25H29N3O2. The maximum atomic E-state index is 13.0. The molecule has 0 bridgehead atoms. The van der Waals surface area contributed by atoms with E-state index in [0.717, 1.165) is 36.1 Å². The van der Waals surface area contributed by atoms with Crippen LogP contribution in [0.2, 0.25) is 0 Å². The molecule has 30 heavy (non-hydrogen) atoms. The summed E-state index contributed by atoms with van der Waals surface area (Å²) in [6.45, 7) is 2.65. The van der Waals surface area contributed by atoms with Crippen LogP contribution in [-0.2, 0) is 4.79 Å². The summed E-state index contributed by atoms with van der Waals surface area (Å²) in [5, 5.41) is 9.55. The van der Waals surface area contributed by atoms with E-state index in [4.69, 9.17) is 0 Å². The van der Waals surface area contributed by atoms with E-state index in [9.17, 15) is 9.59 Å². The molecule has 0 unspecified atom stereocenters. The Kier molecular flexibility index (Phi) is 6.17. The van der Waals surface area contributed by atoms with Gasteiger partial charge in [-0.15, -0.1) is 0 Å². The number of benzene rings is 2. The van der Waals surface area contributed by atoms with E-state index in [-0.39, 0.29) is 11.8 Å². The summed E-state index contributed by atoms with van der Waals surface area (Å²) in [6, 6.07) is 15.9. The third-order valence-electron chi connectivity index (χ3n) is 5.83. The van der Waals surface area contributed by atoms with Crippen molar-refractivity contribution in [2.75, 3.05) is 11.9 Å². The van der Waals surface area contributed by atoms with Crippen molar-refractivity contribution in [1.29, 1.82) is 0 Å². The van der Waals surface area contributed by atoms with Crippen LogP contribution in [0.4, 0.5) is 5.69 Å². The minimum Gasteiger partial charge on any atom is -0.381 e. The number of amides is 2. The van der Waals surface area contributed by atoms with Gasteiger partial charge < -0.3 is 16.0 Å². The average Bonchev–Trinajstić information content (AvgIpc) is 3.11. The zero-order chi connectivity index (χ0) is 20.9. The van der Waals surface area contributed by atoms with Crippen LogP contribution in [0.1, 0.15) is 66.9 Å². The first-order chi connectivity index (χ1) is 14.7. The molecule has 0 aromatic heterocycles. The molecule has 5 nitrogen and oxygen atoms in total. The largest absolute Gasteiger partial charge is 0.381 e. The molecule has 0 radical (unpaired) electrons. The molecule has 2 amide bonds. The average molecular weight is 404 g/mol. The predicted molar refractivity (Wildman–Crippen MR) is 121 cm³/mol. The lowest BCUT2D eigenvalue weighted by Crippen LogP contribution is -2.31. The number of rotatable bonds is 6. The van der Waals surface area contributed by atoms with Crippen molar-refractivity contribution in [3.8, 4) is 0 Å². The van der Waals surface area contributed by atoms with Gasteiger partial charge in [-0.2, -0.15) is 0 Å². The van der Waals surface area contributed by atoms with Crippen molar-refractivity contribution in [1.82, 2.24) is 10.6 Å². The van der Waals surface area contributed by atoms with E-state index in [1.165, 1.54) is 19.3 Å². The zero-order valence-electron chi connectivity index (χ0n) is 17.5. The van der Waals surface area contributed by atoms with E-state index in [0.29, 0.717) is 29.4 Å². The normalized spacial score (nSPS) is 17.8. The quantitative estimate of drug-likeness (QED) is 0.619. The molecule has 0 saturated heterocycles. The first-order valence-corrected chi connectivity index (χ1v) is 11.0. The highest BCUT2D eigenvalue weighted by molar-refractivity contribution is 6.36. The first kappa shape index (κ1) is 20.2. The summed E-state index contributed by atoms with van der Waals surface area (Å²) in [7, 11) is 0. The molecule has 156 valence electrons. The van der Waals surface area contributed by atoms with E-state index in [2.05, 4.69) is 16.0 Å². The third kappa shape index (κ3) is 4.25. The van der Waals surface area contributed by atoms with Crippen molar-refractivity contribution in [3.63, 3.8) is 0 Å². The fourth-order valence-electron chi connectivity index (χ4n) is 4.26. The molecule has 0 atom stereocenters. The highest BCUT2D eigenvalue weighted by atomic mass is 16.2. The highest BCUT2D eigenvalue weighted by Crippen LogP contribution is 2.37. The van der Waals surface area contributed by atoms with Crippen LogP contribution < -0.4 is 16.0 Å². The monoisotopic (exact) mass is 403 g/mol. The molecule has 3 N–H and O–H groups in total. The fourth-order valence-corrected chi connectivity index (χ4v) is 4.26. The Morgan fingerprint density at radius 1 is 1.03 bits per heavy atom. The molecule has 1 saturated carbocycles. The number of nitrogens with one attached hydrogen (secondary N) is 3. The van der Waals surface area contributed by atoms with Crippen molar-refractivity contribution < 1.29 is 9.59 Å². The van der Waals surface area contributed by atoms with Gasteiger partial charge in [-0.25, -0.2) is 0 Å². The van der Waals surface area contributed by atoms with Gasteiger partial charge in [0.25, 0.3) is 11.8 Å². The van der Waals surface area contributed by atoms with Crippen LogP contribution >= 0.6 is 0 Å². The number of fused-ring (bicyclic) bond motifs is 1.